The third kappa shape index (κ3) is 3.07. The monoisotopic (exact) mass is 285 g/mol. The van der Waals surface area contributed by atoms with Gasteiger partial charge in [-0.2, -0.15) is 0 Å². The number of benzene rings is 1. The molecule has 1 unspecified atom stereocenters. The molecule has 0 bridgehead atoms. The molecule has 2 rings (SSSR count). The van der Waals surface area contributed by atoms with Gasteiger partial charge in [-0.05, 0) is 18.6 Å². The van der Waals surface area contributed by atoms with Crippen LogP contribution in [0, 0.1) is 24.4 Å². The molecule has 19 heavy (non-hydrogen) atoms. The van der Waals surface area contributed by atoms with Gasteiger partial charge in [0.1, 0.15) is 17.5 Å². The van der Waals surface area contributed by atoms with Crippen molar-refractivity contribution in [1.29, 1.82) is 0 Å². The molecular weight excluding hydrogens is 275 g/mol. The largest absolute Gasteiger partial charge is 0.261 e. The van der Waals surface area contributed by atoms with Gasteiger partial charge in [0.2, 0.25) is 0 Å². The topological polar surface area (TPSA) is 12.9 Å². The second-order valence-corrected chi connectivity index (χ2v) is 4.75. The van der Waals surface area contributed by atoms with Crippen LogP contribution in [0.2, 0.25) is 0 Å². The van der Waals surface area contributed by atoms with Gasteiger partial charge in [0, 0.05) is 36.0 Å². The van der Waals surface area contributed by atoms with E-state index in [1.807, 2.05) is 13.0 Å². The van der Waals surface area contributed by atoms with Gasteiger partial charge in [0.25, 0.3) is 0 Å². The molecule has 0 fully saturated rings. The number of nitrogens with zero attached hydrogens (tertiary/aromatic N) is 1. The summed E-state index contributed by atoms with van der Waals surface area (Å²) in [6.07, 6.45) is 1.76. The van der Waals surface area contributed by atoms with E-state index in [9.17, 15) is 13.2 Å². The molecule has 0 spiro atoms. The standard InChI is InChI=1S/C14H11ClF3N/c1-8-3-2-4-19-13(8)7-10(15)14-11(17)5-9(16)6-12(14)18/h2-6,10H,7H2,1H3. The maximum atomic E-state index is 13.6. The third-order valence-corrected chi connectivity index (χ3v) is 3.22. The van der Waals surface area contributed by atoms with Crippen molar-refractivity contribution in [2.45, 2.75) is 18.7 Å². The van der Waals surface area contributed by atoms with Gasteiger partial charge in [0.15, 0.2) is 0 Å². The van der Waals surface area contributed by atoms with Gasteiger partial charge >= 0.3 is 0 Å². The Hall–Kier alpha value is -1.55. The highest BCUT2D eigenvalue weighted by Gasteiger charge is 2.20. The lowest BCUT2D eigenvalue weighted by atomic mass is 10.0. The average molecular weight is 286 g/mol. The number of alkyl halides is 1. The van der Waals surface area contributed by atoms with Crippen molar-refractivity contribution in [2.75, 3.05) is 0 Å². The summed E-state index contributed by atoms with van der Waals surface area (Å²) < 4.78 is 40.0. The molecule has 1 nitrogen and oxygen atoms in total. The number of halogens is 4. The zero-order valence-corrected chi connectivity index (χ0v) is 10.9. The van der Waals surface area contributed by atoms with E-state index >= 15 is 0 Å². The van der Waals surface area contributed by atoms with Gasteiger partial charge in [-0.3, -0.25) is 4.98 Å². The first-order valence-corrected chi connectivity index (χ1v) is 6.11. The predicted octanol–water partition coefficient (Wildman–Crippen LogP) is 4.33. The van der Waals surface area contributed by atoms with Crippen LogP contribution in [0.25, 0.3) is 0 Å². The van der Waals surface area contributed by atoms with Crippen molar-refractivity contribution in [3.8, 4) is 0 Å². The van der Waals surface area contributed by atoms with Gasteiger partial charge < -0.3 is 0 Å². The van der Waals surface area contributed by atoms with E-state index in [4.69, 9.17) is 11.6 Å². The molecular formula is C14H11ClF3N. The first-order valence-electron chi connectivity index (χ1n) is 5.68. The second kappa shape index (κ2) is 5.61. The molecule has 0 saturated carbocycles. The van der Waals surface area contributed by atoms with Crippen LogP contribution in [0.1, 0.15) is 22.2 Å². The van der Waals surface area contributed by atoms with Crippen molar-refractivity contribution in [3.05, 3.63) is 64.7 Å². The SMILES string of the molecule is Cc1cccnc1CC(Cl)c1c(F)cc(F)cc1F. The van der Waals surface area contributed by atoms with E-state index in [0.29, 0.717) is 17.8 Å². The van der Waals surface area contributed by atoms with Crippen molar-refractivity contribution in [1.82, 2.24) is 4.98 Å². The highest BCUT2D eigenvalue weighted by atomic mass is 35.5. The predicted molar refractivity (Wildman–Crippen MR) is 67.6 cm³/mol. The molecule has 0 saturated heterocycles. The number of rotatable bonds is 3. The first-order chi connectivity index (χ1) is 8.99. The summed E-state index contributed by atoms with van der Waals surface area (Å²) in [4.78, 5) is 4.12. The molecule has 100 valence electrons. The van der Waals surface area contributed by atoms with Crippen LogP contribution in [0.4, 0.5) is 13.2 Å². The summed E-state index contributed by atoms with van der Waals surface area (Å²) in [5, 5.41) is -0.936. The highest BCUT2D eigenvalue weighted by molar-refractivity contribution is 6.21. The van der Waals surface area contributed by atoms with Crippen molar-refractivity contribution < 1.29 is 13.2 Å². The van der Waals surface area contributed by atoms with Crippen LogP contribution in [0.5, 0.6) is 0 Å². The number of aryl methyl sites for hydroxylation is 1. The molecule has 1 aromatic heterocycles. The molecule has 2 aromatic rings. The lowest BCUT2D eigenvalue weighted by Gasteiger charge is -2.13. The van der Waals surface area contributed by atoms with Crippen molar-refractivity contribution in [3.63, 3.8) is 0 Å². The van der Waals surface area contributed by atoms with Gasteiger partial charge in [-0.15, -0.1) is 11.6 Å². The van der Waals surface area contributed by atoms with E-state index in [1.165, 1.54) is 0 Å². The van der Waals surface area contributed by atoms with E-state index in [0.717, 1.165) is 5.56 Å². The van der Waals surface area contributed by atoms with E-state index in [1.54, 1.807) is 12.3 Å². The van der Waals surface area contributed by atoms with E-state index < -0.39 is 22.8 Å². The number of pyridine rings is 1. The van der Waals surface area contributed by atoms with Crippen LogP contribution in [0.3, 0.4) is 0 Å². The number of hydrogen-bond acceptors (Lipinski definition) is 1. The van der Waals surface area contributed by atoms with E-state index in [2.05, 4.69) is 4.98 Å². The molecule has 0 amide bonds. The Morgan fingerprint density at radius 3 is 2.42 bits per heavy atom. The van der Waals surface area contributed by atoms with Crippen LogP contribution in [0.15, 0.2) is 30.5 Å². The minimum absolute atomic E-state index is 0.174. The van der Waals surface area contributed by atoms with Crippen molar-refractivity contribution in [2.24, 2.45) is 0 Å². The summed E-state index contributed by atoms with van der Waals surface area (Å²) in [6, 6.07) is 4.85. The Morgan fingerprint density at radius 2 is 1.84 bits per heavy atom. The number of hydrogen-bond donors (Lipinski definition) is 0. The average Bonchev–Trinajstić information content (AvgIpc) is 2.30. The van der Waals surface area contributed by atoms with Crippen LogP contribution in [-0.4, -0.2) is 4.98 Å². The zero-order valence-electron chi connectivity index (χ0n) is 10.1. The highest BCUT2D eigenvalue weighted by Crippen LogP contribution is 2.30. The molecule has 0 aliphatic heterocycles. The summed E-state index contributed by atoms with van der Waals surface area (Å²) in [7, 11) is 0. The summed E-state index contributed by atoms with van der Waals surface area (Å²) in [6.45, 7) is 1.84. The van der Waals surface area contributed by atoms with Gasteiger partial charge in [0.05, 0.1) is 5.38 Å². The molecule has 1 heterocycles. The smallest absolute Gasteiger partial charge is 0.133 e. The fraction of sp³-hybridized carbons (Fsp3) is 0.214. The Labute approximate surface area is 114 Å². The van der Waals surface area contributed by atoms with Crippen LogP contribution < -0.4 is 0 Å². The second-order valence-electron chi connectivity index (χ2n) is 4.22. The fourth-order valence-corrected chi connectivity index (χ4v) is 2.21. The number of aromatic nitrogens is 1. The van der Waals surface area contributed by atoms with E-state index in [-0.39, 0.29) is 12.0 Å². The quantitative estimate of drug-likeness (QED) is 0.765. The molecule has 1 atom stereocenters. The fourth-order valence-electron chi connectivity index (χ4n) is 1.86. The van der Waals surface area contributed by atoms with Crippen molar-refractivity contribution >= 4 is 11.6 Å². The maximum Gasteiger partial charge on any atom is 0.133 e. The summed E-state index contributed by atoms with van der Waals surface area (Å²) in [5.74, 6) is -2.92. The van der Waals surface area contributed by atoms with Gasteiger partial charge in [-0.1, -0.05) is 6.07 Å². The molecule has 5 heteroatoms. The Morgan fingerprint density at radius 1 is 1.21 bits per heavy atom. The normalized spacial score (nSPS) is 12.5. The minimum Gasteiger partial charge on any atom is -0.261 e. The Balaban J connectivity index is 2.31. The van der Waals surface area contributed by atoms with Crippen LogP contribution >= 0.6 is 11.6 Å². The third-order valence-electron chi connectivity index (χ3n) is 2.85. The Kier molecular flexibility index (Phi) is 4.10. The summed E-state index contributed by atoms with van der Waals surface area (Å²) in [5.41, 5.74) is 1.22. The molecule has 0 aliphatic rings. The molecule has 0 aliphatic carbocycles. The molecule has 0 N–H and O–H groups in total. The molecule has 1 aromatic carbocycles. The maximum absolute atomic E-state index is 13.6. The lowest BCUT2D eigenvalue weighted by Crippen LogP contribution is -2.05. The zero-order chi connectivity index (χ0) is 14.0. The molecule has 0 radical (unpaired) electrons. The lowest BCUT2D eigenvalue weighted by molar-refractivity contribution is 0.520. The van der Waals surface area contributed by atoms with Gasteiger partial charge in [-0.25, -0.2) is 13.2 Å². The first kappa shape index (κ1) is 13.9. The Bertz CT molecular complexity index is 578. The summed E-state index contributed by atoms with van der Waals surface area (Å²) >= 11 is 6.03. The van der Waals surface area contributed by atoms with Crippen LogP contribution in [-0.2, 0) is 6.42 Å². The minimum atomic E-state index is -0.980.